The Kier molecular flexibility index (Phi) is 8.61. The van der Waals surface area contributed by atoms with Gasteiger partial charge < -0.3 is 15.0 Å². The highest BCUT2D eigenvalue weighted by Gasteiger charge is 2.12. The molecule has 0 radical (unpaired) electrons. The normalized spacial score (nSPS) is 10.9. The summed E-state index contributed by atoms with van der Waals surface area (Å²) in [6.45, 7) is 3.64. The first kappa shape index (κ1) is 22.8. The molecule has 3 rings (SSSR count). The van der Waals surface area contributed by atoms with Crippen LogP contribution in [0.25, 0.3) is 6.08 Å². The summed E-state index contributed by atoms with van der Waals surface area (Å²) in [7, 11) is 0. The van der Waals surface area contributed by atoms with E-state index in [1.54, 1.807) is 6.08 Å². The molecule has 0 unspecified atom stereocenters. The largest absolute Gasteiger partial charge is 0.382 e. The number of hydrogen-bond acceptors (Lipinski definition) is 4. The number of benzene rings is 3. The highest BCUT2D eigenvalue weighted by molar-refractivity contribution is 6.01. The van der Waals surface area contributed by atoms with E-state index in [4.69, 9.17) is 4.74 Å². The minimum atomic E-state index is -0.372. The molecule has 1 N–H and O–H groups in total. The van der Waals surface area contributed by atoms with Crippen molar-refractivity contribution in [3.63, 3.8) is 0 Å². The molecule has 0 aliphatic carbocycles. The molecule has 0 saturated heterocycles. The molecule has 162 valence electrons. The van der Waals surface area contributed by atoms with Gasteiger partial charge in [-0.25, -0.2) is 0 Å². The number of rotatable bonds is 10. The van der Waals surface area contributed by atoms with Crippen LogP contribution in [0.2, 0.25) is 0 Å². The monoisotopic (exact) mass is 425 g/mol. The standard InChI is InChI=1S/C27H27N3O2/c1-2-32-19-9-18-29-27(31)23(21-28)20-22-14-16-26(17-15-22)30(24-10-5-3-6-11-24)25-12-7-4-8-13-25/h3-8,10-17,20H,2,9,18-19H2,1H3,(H,29,31)/b23-20+. The van der Waals surface area contributed by atoms with E-state index in [2.05, 4.69) is 34.5 Å². The molecule has 0 aromatic heterocycles. The van der Waals surface area contributed by atoms with Crippen molar-refractivity contribution in [3.05, 3.63) is 96.1 Å². The van der Waals surface area contributed by atoms with Crippen molar-refractivity contribution < 1.29 is 9.53 Å². The molecule has 5 nitrogen and oxygen atoms in total. The Morgan fingerprint density at radius 1 is 0.938 bits per heavy atom. The first-order chi connectivity index (χ1) is 15.7. The van der Waals surface area contributed by atoms with Crippen molar-refractivity contribution in [3.8, 4) is 6.07 Å². The van der Waals surface area contributed by atoms with E-state index < -0.39 is 0 Å². The number of nitrogens with zero attached hydrogens (tertiary/aromatic N) is 2. The number of amides is 1. The van der Waals surface area contributed by atoms with Crippen LogP contribution in [0.5, 0.6) is 0 Å². The van der Waals surface area contributed by atoms with Crippen molar-refractivity contribution >= 4 is 29.0 Å². The quantitative estimate of drug-likeness (QED) is 0.261. The summed E-state index contributed by atoms with van der Waals surface area (Å²) in [5.74, 6) is -0.372. The van der Waals surface area contributed by atoms with Crippen LogP contribution >= 0.6 is 0 Å². The van der Waals surface area contributed by atoms with Gasteiger partial charge in [0.25, 0.3) is 5.91 Å². The van der Waals surface area contributed by atoms with Gasteiger partial charge in [-0.05, 0) is 61.4 Å². The topological polar surface area (TPSA) is 65.4 Å². The molecule has 0 aliphatic heterocycles. The number of para-hydroxylation sites is 2. The van der Waals surface area contributed by atoms with E-state index in [9.17, 15) is 10.1 Å². The van der Waals surface area contributed by atoms with Crippen LogP contribution in [0.1, 0.15) is 18.9 Å². The SMILES string of the molecule is CCOCCCNC(=O)/C(C#N)=C/c1ccc(N(c2ccccc2)c2ccccc2)cc1. The van der Waals surface area contributed by atoms with Gasteiger partial charge in [0.05, 0.1) is 0 Å². The summed E-state index contributed by atoms with van der Waals surface area (Å²) in [4.78, 5) is 14.5. The van der Waals surface area contributed by atoms with Crippen molar-refractivity contribution in [2.24, 2.45) is 0 Å². The smallest absolute Gasteiger partial charge is 0.261 e. The highest BCUT2D eigenvalue weighted by atomic mass is 16.5. The zero-order chi connectivity index (χ0) is 22.6. The number of carbonyl (C=O) groups excluding carboxylic acids is 1. The van der Waals surface area contributed by atoms with Crippen LogP contribution in [0.4, 0.5) is 17.1 Å². The van der Waals surface area contributed by atoms with Crippen LogP contribution in [0.3, 0.4) is 0 Å². The van der Waals surface area contributed by atoms with E-state index in [1.807, 2.05) is 73.7 Å². The maximum atomic E-state index is 12.3. The molecule has 0 atom stereocenters. The van der Waals surface area contributed by atoms with Crippen LogP contribution in [-0.2, 0) is 9.53 Å². The summed E-state index contributed by atoms with van der Waals surface area (Å²) < 4.78 is 5.26. The summed E-state index contributed by atoms with van der Waals surface area (Å²) in [5, 5.41) is 12.2. The van der Waals surface area contributed by atoms with Gasteiger partial charge in [0, 0.05) is 36.8 Å². The third-order valence-corrected chi connectivity index (χ3v) is 4.81. The first-order valence-corrected chi connectivity index (χ1v) is 10.7. The molecule has 3 aromatic carbocycles. The lowest BCUT2D eigenvalue weighted by Crippen LogP contribution is -2.26. The van der Waals surface area contributed by atoms with Crippen molar-refractivity contribution in [2.75, 3.05) is 24.7 Å². The number of ether oxygens (including phenoxy) is 1. The van der Waals surface area contributed by atoms with E-state index in [-0.39, 0.29) is 11.5 Å². The Morgan fingerprint density at radius 2 is 1.50 bits per heavy atom. The fraction of sp³-hybridized carbons (Fsp3) is 0.185. The lowest BCUT2D eigenvalue weighted by Gasteiger charge is -2.25. The van der Waals surface area contributed by atoms with Crippen LogP contribution in [0, 0.1) is 11.3 Å². The number of anilines is 3. The molecule has 32 heavy (non-hydrogen) atoms. The Labute approximate surface area is 189 Å². The summed E-state index contributed by atoms with van der Waals surface area (Å²) in [6, 6.07) is 30.1. The third-order valence-electron chi connectivity index (χ3n) is 4.81. The molecular formula is C27H27N3O2. The van der Waals surface area contributed by atoms with Crippen molar-refractivity contribution in [1.82, 2.24) is 5.32 Å². The molecule has 3 aromatic rings. The summed E-state index contributed by atoms with van der Waals surface area (Å²) in [5.41, 5.74) is 3.95. The summed E-state index contributed by atoms with van der Waals surface area (Å²) >= 11 is 0. The minimum absolute atomic E-state index is 0.0807. The molecule has 0 heterocycles. The maximum Gasteiger partial charge on any atom is 0.261 e. The first-order valence-electron chi connectivity index (χ1n) is 10.7. The predicted octanol–water partition coefficient (Wildman–Crippen LogP) is 5.61. The van der Waals surface area contributed by atoms with Crippen molar-refractivity contribution in [2.45, 2.75) is 13.3 Å². The van der Waals surface area contributed by atoms with E-state index >= 15 is 0 Å². The van der Waals surface area contributed by atoms with Gasteiger partial charge >= 0.3 is 0 Å². The lowest BCUT2D eigenvalue weighted by atomic mass is 10.1. The van der Waals surface area contributed by atoms with Gasteiger partial charge in [-0.3, -0.25) is 4.79 Å². The van der Waals surface area contributed by atoms with Gasteiger partial charge in [-0.2, -0.15) is 5.26 Å². The minimum Gasteiger partial charge on any atom is -0.382 e. The number of nitriles is 1. The lowest BCUT2D eigenvalue weighted by molar-refractivity contribution is -0.117. The zero-order valence-corrected chi connectivity index (χ0v) is 18.2. The molecule has 1 amide bonds. The number of hydrogen-bond donors (Lipinski definition) is 1. The average Bonchev–Trinajstić information content (AvgIpc) is 2.85. The van der Waals surface area contributed by atoms with Gasteiger partial charge in [-0.1, -0.05) is 48.5 Å². The van der Waals surface area contributed by atoms with E-state index in [1.165, 1.54) is 0 Å². The maximum absolute atomic E-state index is 12.3. The van der Waals surface area contributed by atoms with Crippen molar-refractivity contribution in [1.29, 1.82) is 5.26 Å². The van der Waals surface area contributed by atoms with Crippen LogP contribution in [0.15, 0.2) is 90.5 Å². The van der Waals surface area contributed by atoms with Crippen LogP contribution in [-0.4, -0.2) is 25.7 Å². The molecule has 0 aliphatic rings. The molecule has 0 spiro atoms. The summed E-state index contributed by atoms with van der Waals surface area (Å²) in [6.07, 6.45) is 2.32. The molecule has 0 bridgehead atoms. The van der Waals surface area contributed by atoms with Gasteiger partial charge in [0.1, 0.15) is 11.6 Å². The Morgan fingerprint density at radius 3 is 2.03 bits per heavy atom. The second-order valence-electron chi connectivity index (χ2n) is 7.07. The second-order valence-corrected chi connectivity index (χ2v) is 7.07. The fourth-order valence-corrected chi connectivity index (χ4v) is 3.25. The Bertz CT molecular complexity index is 1020. The average molecular weight is 426 g/mol. The molecule has 5 heteroatoms. The van der Waals surface area contributed by atoms with Gasteiger partial charge in [-0.15, -0.1) is 0 Å². The molecule has 0 saturated carbocycles. The number of nitrogens with one attached hydrogen (secondary N) is 1. The third kappa shape index (κ3) is 6.31. The Hall–Kier alpha value is -3.88. The van der Waals surface area contributed by atoms with Gasteiger partial charge in [0.2, 0.25) is 0 Å². The Balaban J connectivity index is 1.77. The molecular weight excluding hydrogens is 398 g/mol. The second kappa shape index (κ2) is 12.1. The van der Waals surface area contributed by atoms with Crippen LogP contribution < -0.4 is 10.2 Å². The number of carbonyl (C=O) groups is 1. The zero-order valence-electron chi connectivity index (χ0n) is 18.2. The molecule has 0 fully saturated rings. The fourth-order valence-electron chi connectivity index (χ4n) is 3.25. The highest BCUT2D eigenvalue weighted by Crippen LogP contribution is 2.34. The van der Waals surface area contributed by atoms with Gasteiger partial charge in [0.15, 0.2) is 0 Å². The predicted molar refractivity (Wildman–Crippen MR) is 129 cm³/mol. The van der Waals surface area contributed by atoms with E-state index in [0.717, 1.165) is 22.6 Å². The van der Waals surface area contributed by atoms with E-state index in [0.29, 0.717) is 26.2 Å².